The number of carbonyl (C=O) groups is 2. The van der Waals surface area contributed by atoms with Gasteiger partial charge in [0.25, 0.3) is 0 Å². The number of hydrogen-bond acceptors (Lipinski definition) is 13. The summed E-state index contributed by atoms with van der Waals surface area (Å²) in [6.45, 7) is 17.0. The highest BCUT2D eigenvalue weighted by molar-refractivity contribution is 5.76. The van der Waals surface area contributed by atoms with Crippen molar-refractivity contribution in [2.45, 2.75) is 166 Å². The Morgan fingerprint density at radius 2 is 1.50 bits per heavy atom. The van der Waals surface area contributed by atoms with Crippen molar-refractivity contribution in [1.82, 2.24) is 10.6 Å². The molecule has 3 heterocycles. The summed E-state index contributed by atoms with van der Waals surface area (Å²) in [5.74, 6) is -1.87. The van der Waals surface area contributed by atoms with Gasteiger partial charge in [0.1, 0.15) is 36.0 Å². The van der Waals surface area contributed by atoms with Crippen LogP contribution in [-0.2, 0) is 44.4 Å². The highest BCUT2D eigenvalue weighted by Crippen LogP contribution is 2.54. The number of aliphatic hydroxyl groups is 3. The number of rotatable bonds is 14. The molecule has 11 unspecified atom stereocenters. The van der Waals surface area contributed by atoms with Crippen molar-refractivity contribution in [2.75, 3.05) is 13.2 Å². The largest absolute Gasteiger partial charge is 0.504 e. The first-order valence-electron chi connectivity index (χ1n) is 18.1. The molecule has 0 spiro atoms. The molecule has 4 rings (SSSR count). The SMILES string of the molecule is CCC(C)(C)OC1C(CO)OC(OC(C)(C)C2(C)OC3C(NC(C)=O)C(OC(C)(C)C)OC(CO)C32)C(NC(=O)CCc2ccc(O)c(O)c2)C1O. The second kappa shape index (κ2) is 16.0. The number of phenolic OH excluding ortho intramolecular Hbond substituents is 2. The van der Waals surface area contributed by atoms with Gasteiger partial charge in [-0.1, -0.05) is 13.0 Å². The zero-order chi connectivity index (χ0) is 39.0. The molecule has 3 aliphatic rings. The van der Waals surface area contributed by atoms with Gasteiger partial charge >= 0.3 is 0 Å². The van der Waals surface area contributed by atoms with Crippen LogP contribution in [0.15, 0.2) is 18.2 Å². The predicted molar refractivity (Wildman–Crippen MR) is 187 cm³/mol. The third-order valence-corrected chi connectivity index (χ3v) is 10.5. The van der Waals surface area contributed by atoms with Gasteiger partial charge in [0.2, 0.25) is 11.8 Å². The van der Waals surface area contributed by atoms with Crippen molar-refractivity contribution >= 4 is 11.8 Å². The Morgan fingerprint density at radius 1 is 0.885 bits per heavy atom. The van der Waals surface area contributed by atoms with Crippen LogP contribution >= 0.6 is 0 Å². The van der Waals surface area contributed by atoms with Crippen molar-refractivity contribution in [3.05, 3.63) is 23.8 Å². The van der Waals surface area contributed by atoms with Crippen molar-refractivity contribution in [3.63, 3.8) is 0 Å². The van der Waals surface area contributed by atoms with Crippen LogP contribution in [0.25, 0.3) is 0 Å². The second-order valence-electron chi connectivity index (χ2n) is 16.4. The molecule has 2 amide bonds. The highest BCUT2D eigenvalue weighted by atomic mass is 16.7. The number of aliphatic hydroxyl groups excluding tert-OH is 3. The van der Waals surface area contributed by atoms with Crippen LogP contribution in [0.1, 0.15) is 87.6 Å². The van der Waals surface area contributed by atoms with Crippen LogP contribution < -0.4 is 10.6 Å². The molecule has 15 nitrogen and oxygen atoms in total. The summed E-state index contributed by atoms with van der Waals surface area (Å²) in [7, 11) is 0. The zero-order valence-electron chi connectivity index (χ0n) is 32.0. The minimum Gasteiger partial charge on any atom is -0.504 e. The number of amides is 2. The molecule has 296 valence electrons. The molecule has 0 saturated carbocycles. The summed E-state index contributed by atoms with van der Waals surface area (Å²) in [5, 5.41) is 58.1. The third kappa shape index (κ3) is 9.19. The standard InChI is InChI=1S/C37H60N2O13/c1-11-35(6,7)49-30-24(18-41)48-32(27(29(30)46)39-25(45)15-13-20-12-14-21(43)22(44)16-20)52-36(8,9)37(10)26-23(17-40)47-33(51-34(3,4)5)28(31(26)50-37)38-19(2)42/h12,14,16,23-24,26-33,40-41,43-44,46H,11,13,15,17-18H2,1-10H3,(H,38,42)(H,39,45). The number of nitrogens with one attached hydrogen (secondary N) is 2. The first-order chi connectivity index (χ1) is 24.1. The Kier molecular flexibility index (Phi) is 13.0. The molecule has 0 radical (unpaired) electrons. The molecular weight excluding hydrogens is 680 g/mol. The first kappa shape index (κ1) is 42.1. The molecule has 1 aromatic carbocycles. The topological polar surface area (TPSA) is 215 Å². The first-order valence-corrected chi connectivity index (χ1v) is 18.1. The number of carbonyl (C=O) groups excluding carboxylic acids is 2. The molecule has 52 heavy (non-hydrogen) atoms. The number of fused-ring (bicyclic) bond motifs is 1. The summed E-state index contributed by atoms with van der Waals surface area (Å²) in [4.78, 5) is 25.7. The van der Waals surface area contributed by atoms with Gasteiger partial charge in [-0.3, -0.25) is 9.59 Å². The van der Waals surface area contributed by atoms with Gasteiger partial charge in [-0.25, -0.2) is 0 Å². The second-order valence-corrected chi connectivity index (χ2v) is 16.4. The zero-order valence-corrected chi connectivity index (χ0v) is 32.0. The van der Waals surface area contributed by atoms with E-state index in [1.807, 2.05) is 41.5 Å². The molecule has 0 aromatic heterocycles. The van der Waals surface area contributed by atoms with E-state index in [2.05, 4.69) is 10.6 Å². The van der Waals surface area contributed by atoms with E-state index in [0.29, 0.717) is 12.0 Å². The molecule has 0 aliphatic carbocycles. The van der Waals surface area contributed by atoms with E-state index in [0.717, 1.165) is 0 Å². The van der Waals surface area contributed by atoms with E-state index in [1.165, 1.54) is 19.1 Å². The fourth-order valence-corrected chi connectivity index (χ4v) is 7.14. The van der Waals surface area contributed by atoms with Gasteiger partial charge in [-0.15, -0.1) is 0 Å². The van der Waals surface area contributed by atoms with E-state index in [1.54, 1.807) is 26.8 Å². The number of aromatic hydroxyl groups is 2. The average molecular weight is 741 g/mol. The molecular formula is C37H60N2O13. The molecule has 3 fully saturated rings. The summed E-state index contributed by atoms with van der Waals surface area (Å²) in [6, 6.07) is 2.41. The molecule has 11 atom stereocenters. The molecule has 3 saturated heterocycles. The Balaban J connectivity index is 1.61. The fraction of sp³-hybridized carbons (Fsp3) is 0.784. The lowest BCUT2D eigenvalue weighted by atomic mass is 9.63. The van der Waals surface area contributed by atoms with Crippen LogP contribution in [0.3, 0.4) is 0 Å². The Hall–Kier alpha value is -2.60. The smallest absolute Gasteiger partial charge is 0.220 e. The minimum atomic E-state index is -1.38. The Labute approximate surface area is 306 Å². The van der Waals surface area contributed by atoms with Gasteiger partial charge in [0.15, 0.2) is 24.1 Å². The quantitative estimate of drug-likeness (QED) is 0.136. The maximum Gasteiger partial charge on any atom is 0.220 e. The van der Waals surface area contributed by atoms with Gasteiger partial charge < -0.3 is 64.6 Å². The number of phenols is 2. The van der Waals surface area contributed by atoms with Crippen LogP contribution in [-0.4, -0.2) is 128 Å². The highest BCUT2D eigenvalue weighted by Gasteiger charge is 2.69. The van der Waals surface area contributed by atoms with E-state index in [4.69, 9.17) is 28.4 Å². The van der Waals surface area contributed by atoms with Gasteiger partial charge in [-0.2, -0.15) is 0 Å². The fourth-order valence-electron chi connectivity index (χ4n) is 7.14. The Bertz CT molecular complexity index is 1400. The van der Waals surface area contributed by atoms with E-state index >= 15 is 0 Å². The maximum atomic E-state index is 13.4. The monoisotopic (exact) mass is 740 g/mol. The van der Waals surface area contributed by atoms with E-state index < -0.39 is 96.0 Å². The van der Waals surface area contributed by atoms with E-state index in [9.17, 15) is 35.1 Å². The van der Waals surface area contributed by atoms with Crippen molar-refractivity contribution in [1.29, 1.82) is 0 Å². The average Bonchev–Trinajstić information content (AvgIpc) is 3.03. The minimum absolute atomic E-state index is 0.0403. The maximum absolute atomic E-state index is 13.4. The summed E-state index contributed by atoms with van der Waals surface area (Å²) in [5.41, 5.74) is -3.14. The third-order valence-electron chi connectivity index (χ3n) is 10.5. The number of ether oxygens (including phenoxy) is 6. The molecule has 1 aromatic rings. The summed E-state index contributed by atoms with van der Waals surface area (Å²) < 4.78 is 38.3. The normalized spacial score (nSPS) is 33.9. The lowest BCUT2D eigenvalue weighted by molar-refractivity contribution is -0.419. The molecule has 15 heteroatoms. The predicted octanol–water partition coefficient (Wildman–Crippen LogP) is 1.77. The summed E-state index contributed by atoms with van der Waals surface area (Å²) >= 11 is 0. The van der Waals surface area contributed by atoms with Crippen LogP contribution in [0.2, 0.25) is 0 Å². The van der Waals surface area contributed by atoms with Crippen molar-refractivity contribution < 1.29 is 63.5 Å². The number of aryl methyl sites for hydroxylation is 1. The molecule has 0 bridgehead atoms. The Morgan fingerprint density at radius 3 is 2.06 bits per heavy atom. The van der Waals surface area contributed by atoms with Gasteiger partial charge in [0, 0.05) is 19.3 Å². The lowest BCUT2D eigenvalue weighted by Crippen LogP contribution is -2.81. The molecule has 3 aliphatic heterocycles. The number of benzene rings is 1. The van der Waals surface area contributed by atoms with E-state index in [-0.39, 0.29) is 36.9 Å². The molecule has 7 N–H and O–H groups in total. The summed E-state index contributed by atoms with van der Waals surface area (Å²) in [6.07, 6.45) is -6.29. The number of hydrogen-bond donors (Lipinski definition) is 7. The van der Waals surface area contributed by atoms with Crippen molar-refractivity contribution in [2.24, 2.45) is 5.92 Å². The lowest BCUT2D eigenvalue weighted by Gasteiger charge is -2.66. The van der Waals surface area contributed by atoms with Crippen LogP contribution in [0.4, 0.5) is 0 Å². The van der Waals surface area contributed by atoms with Gasteiger partial charge in [-0.05, 0) is 85.9 Å². The van der Waals surface area contributed by atoms with Crippen LogP contribution in [0.5, 0.6) is 11.5 Å². The van der Waals surface area contributed by atoms with Gasteiger partial charge in [0.05, 0.1) is 42.2 Å². The van der Waals surface area contributed by atoms with Crippen molar-refractivity contribution in [3.8, 4) is 11.5 Å². The van der Waals surface area contributed by atoms with Crippen LogP contribution in [0, 0.1) is 5.92 Å².